The minimum Gasteiger partial charge on any atom is -0.305 e. The van der Waals surface area contributed by atoms with Gasteiger partial charge in [0.15, 0.2) is 5.82 Å². The number of halogens is 2. The second-order valence-electron chi connectivity index (χ2n) is 4.99. The summed E-state index contributed by atoms with van der Waals surface area (Å²) in [4.78, 5) is 12.0. The smallest absolute Gasteiger partial charge is 0.260 e. The van der Waals surface area contributed by atoms with Crippen molar-refractivity contribution in [3.05, 3.63) is 64.8 Å². The van der Waals surface area contributed by atoms with Gasteiger partial charge in [-0.25, -0.2) is 4.39 Å². The summed E-state index contributed by atoms with van der Waals surface area (Å²) < 4.78 is 16.2. The van der Waals surface area contributed by atoms with E-state index in [1.54, 1.807) is 40.9 Å². The fourth-order valence-electron chi connectivity index (χ4n) is 2.07. The lowest BCUT2D eigenvalue weighted by molar-refractivity contribution is 0.102. The molecule has 8 heteroatoms. The average Bonchev–Trinajstić information content (AvgIpc) is 3.11. The Morgan fingerprint density at radius 2 is 2.22 bits per heavy atom. The summed E-state index contributed by atoms with van der Waals surface area (Å²) in [6.45, 7) is 0.377. The molecule has 0 unspecified atom stereocenters. The number of aromatic nitrogens is 4. The van der Waals surface area contributed by atoms with E-state index in [0.29, 0.717) is 22.9 Å². The van der Waals surface area contributed by atoms with E-state index in [2.05, 4.69) is 15.5 Å². The van der Waals surface area contributed by atoms with Crippen LogP contribution in [-0.2, 0) is 13.6 Å². The maximum Gasteiger partial charge on any atom is 0.260 e. The number of rotatable bonds is 4. The van der Waals surface area contributed by atoms with Gasteiger partial charge in [0.2, 0.25) is 0 Å². The Hall–Kier alpha value is -2.67. The molecule has 2 aromatic heterocycles. The second kappa shape index (κ2) is 6.21. The van der Waals surface area contributed by atoms with Gasteiger partial charge >= 0.3 is 0 Å². The zero-order valence-corrected chi connectivity index (χ0v) is 13.0. The third-order valence-electron chi connectivity index (χ3n) is 3.20. The van der Waals surface area contributed by atoms with Crippen LogP contribution < -0.4 is 5.32 Å². The number of anilines is 1. The van der Waals surface area contributed by atoms with E-state index in [1.165, 1.54) is 18.3 Å². The van der Waals surface area contributed by atoms with Crippen molar-refractivity contribution in [1.29, 1.82) is 0 Å². The van der Waals surface area contributed by atoms with Crippen LogP contribution in [0.15, 0.2) is 42.9 Å². The standard InChI is InChI=1S/C15H13ClFN5O/c1-21-8-11(7-18-21)15(23)19-14-4-5-22(20-14)9-10-2-3-12(17)6-13(10)16/h2-8H,9H2,1H3,(H,19,20,23). The number of carbonyl (C=O) groups excluding carboxylic acids is 1. The van der Waals surface area contributed by atoms with E-state index in [4.69, 9.17) is 11.6 Å². The zero-order valence-electron chi connectivity index (χ0n) is 12.2. The Labute approximate surface area is 136 Å². The summed E-state index contributed by atoms with van der Waals surface area (Å²) in [5, 5.41) is 11.2. The van der Waals surface area contributed by atoms with Gasteiger partial charge in [-0.1, -0.05) is 17.7 Å². The summed E-state index contributed by atoms with van der Waals surface area (Å²) in [5.74, 6) is -0.260. The molecule has 0 radical (unpaired) electrons. The summed E-state index contributed by atoms with van der Waals surface area (Å²) in [6.07, 6.45) is 4.80. The molecule has 0 saturated heterocycles. The molecule has 3 rings (SSSR count). The number of benzene rings is 1. The fourth-order valence-corrected chi connectivity index (χ4v) is 2.29. The fraction of sp³-hybridized carbons (Fsp3) is 0.133. The Balaban J connectivity index is 1.69. The highest BCUT2D eigenvalue weighted by molar-refractivity contribution is 6.31. The largest absolute Gasteiger partial charge is 0.305 e. The molecule has 0 atom stereocenters. The van der Waals surface area contributed by atoms with E-state index in [9.17, 15) is 9.18 Å². The average molecular weight is 334 g/mol. The molecule has 0 spiro atoms. The van der Waals surface area contributed by atoms with Crippen molar-refractivity contribution in [2.24, 2.45) is 7.05 Å². The van der Waals surface area contributed by atoms with Crippen LogP contribution in [0.4, 0.5) is 10.2 Å². The number of hydrogen-bond donors (Lipinski definition) is 1. The molecule has 0 fully saturated rings. The van der Waals surface area contributed by atoms with Crippen LogP contribution in [0.1, 0.15) is 15.9 Å². The highest BCUT2D eigenvalue weighted by Crippen LogP contribution is 2.18. The molecule has 6 nitrogen and oxygen atoms in total. The van der Waals surface area contributed by atoms with Gasteiger partial charge < -0.3 is 5.32 Å². The first-order valence-corrected chi connectivity index (χ1v) is 7.16. The van der Waals surface area contributed by atoms with Crippen LogP contribution in [0.5, 0.6) is 0 Å². The maximum atomic E-state index is 13.0. The zero-order chi connectivity index (χ0) is 16.4. The quantitative estimate of drug-likeness (QED) is 0.798. The van der Waals surface area contributed by atoms with E-state index < -0.39 is 0 Å². The Bertz CT molecular complexity index is 857. The molecule has 0 aliphatic carbocycles. The van der Waals surface area contributed by atoms with E-state index >= 15 is 0 Å². The van der Waals surface area contributed by atoms with Gasteiger partial charge in [-0.2, -0.15) is 10.2 Å². The van der Waals surface area contributed by atoms with Gasteiger partial charge in [0.05, 0.1) is 18.3 Å². The van der Waals surface area contributed by atoms with E-state index in [-0.39, 0.29) is 11.7 Å². The van der Waals surface area contributed by atoms with E-state index in [0.717, 1.165) is 5.56 Å². The lowest BCUT2D eigenvalue weighted by Crippen LogP contribution is -2.12. The third-order valence-corrected chi connectivity index (χ3v) is 3.55. The maximum absolute atomic E-state index is 13.0. The van der Waals surface area contributed by atoms with Crippen LogP contribution in [0.2, 0.25) is 5.02 Å². The first kappa shape index (κ1) is 15.2. The molecule has 0 aliphatic heterocycles. The Morgan fingerprint density at radius 1 is 1.39 bits per heavy atom. The Morgan fingerprint density at radius 3 is 2.91 bits per heavy atom. The normalized spacial score (nSPS) is 10.7. The lowest BCUT2D eigenvalue weighted by Gasteiger charge is -2.05. The molecule has 2 heterocycles. The van der Waals surface area contributed by atoms with Crippen LogP contribution in [-0.4, -0.2) is 25.5 Å². The monoisotopic (exact) mass is 333 g/mol. The lowest BCUT2D eigenvalue weighted by atomic mass is 10.2. The van der Waals surface area contributed by atoms with Crippen molar-refractivity contribution in [1.82, 2.24) is 19.6 Å². The predicted molar refractivity (Wildman–Crippen MR) is 83.9 cm³/mol. The molecule has 0 saturated carbocycles. The molecule has 23 heavy (non-hydrogen) atoms. The highest BCUT2D eigenvalue weighted by atomic mass is 35.5. The van der Waals surface area contributed by atoms with Gasteiger partial charge in [-0.3, -0.25) is 14.2 Å². The van der Waals surface area contributed by atoms with Gasteiger partial charge in [0.1, 0.15) is 5.82 Å². The summed E-state index contributed by atoms with van der Waals surface area (Å²) in [6, 6.07) is 5.88. The number of nitrogens with one attached hydrogen (secondary N) is 1. The number of aryl methyl sites for hydroxylation is 1. The minimum absolute atomic E-state index is 0.289. The van der Waals surface area contributed by atoms with Crippen molar-refractivity contribution < 1.29 is 9.18 Å². The molecule has 1 N–H and O–H groups in total. The van der Waals surface area contributed by atoms with Crippen LogP contribution in [0, 0.1) is 5.82 Å². The number of amides is 1. The van der Waals surface area contributed by atoms with Crippen LogP contribution >= 0.6 is 11.6 Å². The van der Waals surface area contributed by atoms with Crippen molar-refractivity contribution in [2.45, 2.75) is 6.54 Å². The van der Waals surface area contributed by atoms with Crippen LogP contribution in [0.25, 0.3) is 0 Å². The molecule has 1 amide bonds. The minimum atomic E-state index is -0.386. The van der Waals surface area contributed by atoms with Gasteiger partial charge in [-0.05, 0) is 17.7 Å². The second-order valence-corrected chi connectivity index (χ2v) is 5.40. The van der Waals surface area contributed by atoms with Gasteiger partial charge in [0.25, 0.3) is 5.91 Å². The van der Waals surface area contributed by atoms with E-state index in [1.807, 2.05) is 0 Å². The molecule has 118 valence electrons. The summed E-state index contributed by atoms with van der Waals surface area (Å²) in [5.41, 5.74) is 1.19. The summed E-state index contributed by atoms with van der Waals surface area (Å²) >= 11 is 5.99. The SMILES string of the molecule is Cn1cc(C(=O)Nc2ccn(Cc3ccc(F)cc3Cl)n2)cn1. The molecule has 0 aliphatic rings. The number of nitrogens with zero attached hydrogens (tertiary/aromatic N) is 4. The van der Waals surface area contributed by atoms with Crippen molar-refractivity contribution >= 4 is 23.3 Å². The molecular weight excluding hydrogens is 321 g/mol. The van der Waals surface area contributed by atoms with Gasteiger partial charge in [-0.15, -0.1) is 0 Å². The predicted octanol–water partition coefficient (Wildman–Crippen LogP) is 2.71. The molecule has 1 aromatic carbocycles. The number of carbonyl (C=O) groups is 1. The van der Waals surface area contributed by atoms with Crippen molar-refractivity contribution in [2.75, 3.05) is 5.32 Å². The Kier molecular flexibility index (Phi) is 4.12. The van der Waals surface area contributed by atoms with Crippen molar-refractivity contribution in [3.8, 4) is 0 Å². The molecular formula is C15H13ClFN5O. The topological polar surface area (TPSA) is 64.7 Å². The molecule has 3 aromatic rings. The first-order valence-electron chi connectivity index (χ1n) is 6.78. The molecule has 0 bridgehead atoms. The van der Waals surface area contributed by atoms with Gasteiger partial charge in [0, 0.05) is 30.5 Å². The third kappa shape index (κ3) is 3.57. The number of hydrogen-bond acceptors (Lipinski definition) is 3. The highest BCUT2D eigenvalue weighted by Gasteiger charge is 2.10. The van der Waals surface area contributed by atoms with Crippen molar-refractivity contribution in [3.63, 3.8) is 0 Å². The first-order chi connectivity index (χ1) is 11.0. The summed E-state index contributed by atoms with van der Waals surface area (Å²) in [7, 11) is 1.73. The van der Waals surface area contributed by atoms with Crippen LogP contribution in [0.3, 0.4) is 0 Å².